The van der Waals surface area contributed by atoms with Gasteiger partial charge in [0.05, 0.1) is 0 Å². The summed E-state index contributed by atoms with van der Waals surface area (Å²) in [7, 11) is 0. The third-order valence-electron chi connectivity index (χ3n) is 3.09. The Balaban J connectivity index is 3.18. The quantitative estimate of drug-likeness (QED) is 0.566. The standard InChI is InChI=1S/C16H25NS/c1-6-8-9-10-11-14-12-17(7-2)13(3)15(14)16(4,5)18/h8-12,18H,6-7H2,1-5H3/b9-8-,11-10+. The summed E-state index contributed by atoms with van der Waals surface area (Å²) in [6.45, 7) is 11.8. The third-order valence-corrected chi connectivity index (χ3v) is 3.31. The molecule has 100 valence electrons. The van der Waals surface area contributed by atoms with Gasteiger partial charge < -0.3 is 4.57 Å². The molecule has 0 bridgehead atoms. The van der Waals surface area contributed by atoms with Crippen molar-refractivity contribution in [2.75, 3.05) is 0 Å². The number of allylic oxidation sites excluding steroid dienone is 3. The van der Waals surface area contributed by atoms with Crippen molar-refractivity contribution in [3.05, 3.63) is 41.2 Å². The van der Waals surface area contributed by atoms with Gasteiger partial charge in [0.15, 0.2) is 0 Å². The van der Waals surface area contributed by atoms with E-state index in [4.69, 9.17) is 12.6 Å². The van der Waals surface area contributed by atoms with Crippen LogP contribution in [0.25, 0.3) is 6.08 Å². The van der Waals surface area contributed by atoms with Gasteiger partial charge in [-0.1, -0.05) is 31.2 Å². The molecule has 0 amide bonds. The summed E-state index contributed by atoms with van der Waals surface area (Å²) < 4.78 is 2.18. The minimum absolute atomic E-state index is 0.112. The highest BCUT2D eigenvalue weighted by atomic mass is 32.1. The van der Waals surface area contributed by atoms with E-state index in [0.29, 0.717) is 0 Å². The first-order valence-corrected chi connectivity index (χ1v) is 7.12. The first kappa shape index (κ1) is 15.2. The van der Waals surface area contributed by atoms with Crippen LogP contribution in [-0.2, 0) is 11.3 Å². The van der Waals surface area contributed by atoms with Crippen molar-refractivity contribution in [1.29, 1.82) is 0 Å². The molecule has 0 aliphatic carbocycles. The van der Waals surface area contributed by atoms with Gasteiger partial charge in [-0.2, -0.15) is 12.6 Å². The normalized spacial score (nSPS) is 13.0. The van der Waals surface area contributed by atoms with Gasteiger partial charge in [0, 0.05) is 23.2 Å². The highest BCUT2D eigenvalue weighted by Gasteiger charge is 2.23. The second-order valence-corrected chi connectivity index (χ2v) is 6.20. The van der Waals surface area contributed by atoms with Crippen LogP contribution in [-0.4, -0.2) is 4.57 Å². The smallest absolute Gasteiger partial charge is 0.0345 e. The maximum atomic E-state index is 4.73. The molecule has 1 aromatic rings. The molecule has 18 heavy (non-hydrogen) atoms. The Morgan fingerprint density at radius 3 is 2.44 bits per heavy atom. The second-order valence-electron chi connectivity index (χ2n) is 5.09. The lowest BCUT2D eigenvalue weighted by molar-refractivity contribution is 0.716. The van der Waals surface area contributed by atoms with Crippen LogP contribution in [0, 0.1) is 6.92 Å². The van der Waals surface area contributed by atoms with Gasteiger partial charge in [0.2, 0.25) is 0 Å². The fourth-order valence-corrected chi connectivity index (χ4v) is 2.60. The van der Waals surface area contributed by atoms with Gasteiger partial charge in [-0.3, -0.25) is 0 Å². The molecule has 0 unspecified atom stereocenters. The third kappa shape index (κ3) is 3.55. The molecule has 0 aliphatic rings. The van der Waals surface area contributed by atoms with Crippen LogP contribution in [0.2, 0.25) is 0 Å². The maximum Gasteiger partial charge on any atom is 0.0345 e. The van der Waals surface area contributed by atoms with E-state index in [9.17, 15) is 0 Å². The number of rotatable bonds is 5. The summed E-state index contributed by atoms with van der Waals surface area (Å²) in [6.07, 6.45) is 11.8. The molecule has 1 heterocycles. The molecule has 1 aromatic heterocycles. The highest BCUT2D eigenvalue weighted by Crippen LogP contribution is 2.34. The molecule has 0 spiro atoms. The maximum absolute atomic E-state index is 4.73. The molecule has 0 N–H and O–H groups in total. The second kappa shape index (κ2) is 6.33. The fourth-order valence-electron chi connectivity index (χ4n) is 2.31. The molecular formula is C16H25NS. The lowest BCUT2D eigenvalue weighted by Gasteiger charge is -2.19. The van der Waals surface area contributed by atoms with Gasteiger partial charge in [-0.05, 0) is 45.2 Å². The number of aromatic nitrogens is 1. The van der Waals surface area contributed by atoms with Crippen molar-refractivity contribution in [2.45, 2.75) is 52.3 Å². The number of aryl methyl sites for hydroxylation is 1. The molecule has 0 fully saturated rings. The zero-order valence-corrected chi connectivity index (χ0v) is 13.1. The van der Waals surface area contributed by atoms with Gasteiger partial charge >= 0.3 is 0 Å². The van der Waals surface area contributed by atoms with Crippen LogP contribution in [0.3, 0.4) is 0 Å². The predicted molar refractivity (Wildman–Crippen MR) is 85.3 cm³/mol. The lowest BCUT2D eigenvalue weighted by atomic mass is 9.98. The molecule has 1 nitrogen and oxygen atoms in total. The zero-order valence-electron chi connectivity index (χ0n) is 12.2. The van der Waals surface area contributed by atoms with Gasteiger partial charge in [-0.25, -0.2) is 0 Å². The largest absolute Gasteiger partial charge is 0.351 e. The van der Waals surface area contributed by atoms with Gasteiger partial charge in [0.25, 0.3) is 0 Å². The summed E-state index contributed by atoms with van der Waals surface area (Å²) in [4.78, 5) is 0. The zero-order chi connectivity index (χ0) is 13.8. The number of hydrogen-bond acceptors (Lipinski definition) is 1. The first-order valence-electron chi connectivity index (χ1n) is 6.67. The monoisotopic (exact) mass is 263 g/mol. The van der Waals surface area contributed by atoms with Crippen molar-refractivity contribution in [2.24, 2.45) is 0 Å². The van der Waals surface area contributed by atoms with Gasteiger partial charge in [0.1, 0.15) is 0 Å². The van der Waals surface area contributed by atoms with Gasteiger partial charge in [-0.15, -0.1) is 0 Å². The molecule has 2 heteroatoms. The van der Waals surface area contributed by atoms with E-state index < -0.39 is 0 Å². The van der Waals surface area contributed by atoms with Crippen molar-refractivity contribution >= 4 is 18.7 Å². The molecule has 1 rings (SSSR count). The van der Waals surface area contributed by atoms with Crippen LogP contribution < -0.4 is 0 Å². The van der Waals surface area contributed by atoms with Crippen LogP contribution in [0.5, 0.6) is 0 Å². The van der Waals surface area contributed by atoms with Crippen molar-refractivity contribution in [1.82, 2.24) is 4.57 Å². The molecule has 0 atom stereocenters. The van der Waals surface area contributed by atoms with Crippen molar-refractivity contribution in [3.8, 4) is 0 Å². The number of hydrogen-bond donors (Lipinski definition) is 1. The van der Waals surface area contributed by atoms with E-state index >= 15 is 0 Å². The molecule has 0 aliphatic heterocycles. The summed E-state index contributed by atoms with van der Waals surface area (Å²) in [5.41, 5.74) is 3.92. The SMILES string of the molecule is CC/C=C\C=C\c1cn(CC)c(C)c1C(C)(C)S. The van der Waals surface area contributed by atoms with E-state index in [2.05, 4.69) is 69.7 Å². The van der Waals surface area contributed by atoms with Crippen LogP contribution in [0.15, 0.2) is 24.4 Å². The Labute approximate surface area is 117 Å². The van der Waals surface area contributed by atoms with Crippen molar-refractivity contribution in [3.63, 3.8) is 0 Å². The number of nitrogens with zero attached hydrogens (tertiary/aromatic N) is 1. The van der Waals surface area contributed by atoms with E-state index in [-0.39, 0.29) is 4.75 Å². The molecule has 0 saturated heterocycles. The van der Waals surface area contributed by atoms with E-state index in [0.717, 1.165) is 13.0 Å². The Kier molecular flexibility index (Phi) is 5.33. The van der Waals surface area contributed by atoms with Crippen LogP contribution in [0.4, 0.5) is 0 Å². The fraction of sp³-hybridized carbons (Fsp3) is 0.500. The average Bonchev–Trinajstić information content (AvgIpc) is 2.60. The summed E-state index contributed by atoms with van der Waals surface area (Å²) in [6, 6.07) is 0. The Hall–Kier alpha value is -0.890. The van der Waals surface area contributed by atoms with Crippen molar-refractivity contribution < 1.29 is 0 Å². The Morgan fingerprint density at radius 2 is 1.94 bits per heavy atom. The summed E-state index contributed by atoms with van der Waals surface area (Å²) >= 11 is 4.73. The highest BCUT2D eigenvalue weighted by molar-refractivity contribution is 7.81. The van der Waals surface area contributed by atoms with E-state index in [1.807, 2.05) is 0 Å². The van der Waals surface area contributed by atoms with Crippen LogP contribution >= 0.6 is 12.6 Å². The Morgan fingerprint density at radius 1 is 1.28 bits per heavy atom. The molecule has 0 radical (unpaired) electrons. The minimum Gasteiger partial charge on any atom is -0.351 e. The Bertz CT molecular complexity index is 444. The summed E-state index contributed by atoms with van der Waals surface area (Å²) in [5.74, 6) is 0. The number of thiol groups is 1. The first-order chi connectivity index (χ1) is 8.41. The molecular weight excluding hydrogens is 238 g/mol. The average molecular weight is 263 g/mol. The summed E-state index contributed by atoms with van der Waals surface area (Å²) in [5, 5.41) is 0. The predicted octanol–water partition coefficient (Wildman–Crippen LogP) is 4.96. The minimum atomic E-state index is -0.112. The van der Waals surface area contributed by atoms with E-state index in [1.165, 1.54) is 16.8 Å². The molecule has 0 aromatic carbocycles. The topological polar surface area (TPSA) is 4.93 Å². The van der Waals surface area contributed by atoms with Crippen LogP contribution in [0.1, 0.15) is 50.9 Å². The lowest BCUT2D eigenvalue weighted by Crippen LogP contribution is -2.11. The van der Waals surface area contributed by atoms with E-state index in [1.54, 1.807) is 0 Å². The molecule has 0 saturated carbocycles.